The molecular formula is C47H70O12. The lowest BCUT2D eigenvalue weighted by molar-refractivity contribution is -0.300. The van der Waals surface area contributed by atoms with Crippen LogP contribution in [0.3, 0.4) is 0 Å². The standard InChI is InChI=1S/C47H70O12/c1-11-26(4)41-29(7)19-20-46(59-41)24-35-22-34(58-46)18-17-28(6)40(56-38-23-37(52-10)42(31(9)54-38)57-44(49)32(12-2)13-3)27(5)15-14-16-33-25-53-43-39(48)30(8)21-36(45(50)55-35)47(33,43)51/h14-17,19-21,26-27,29,31-32,34-43,48,51H,11-13,18,22-25H2,1-10H3/b15-14+,28-17+,33-16+/t26?,27-,29-,31-,34+,35-,36?,37-,38?,39+,40-,41+,42-,43+,46?,47+/m0/s1. The summed E-state index contributed by atoms with van der Waals surface area (Å²) in [6.45, 7) is 18.2. The zero-order valence-corrected chi connectivity index (χ0v) is 36.8. The number of rotatable bonds is 9. The molecule has 0 saturated carbocycles. The minimum atomic E-state index is -1.83. The highest BCUT2D eigenvalue weighted by atomic mass is 16.7. The number of aliphatic hydroxyl groups is 2. The van der Waals surface area contributed by atoms with Crippen molar-refractivity contribution in [2.24, 2.45) is 29.6 Å². The van der Waals surface area contributed by atoms with Crippen molar-refractivity contribution >= 4 is 11.9 Å². The van der Waals surface area contributed by atoms with E-state index < -0.39 is 72.3 Å². The van der Waals surface area contributed by atoms with Crippen molar-refractivity contribution < 1.29 is 57.7 Å². The maximum atomic E-state index is 14.3. The van der Waals surface area contributed by atoms with Crippen LogP contribution >= 0.6 is 0 Å². The number of ether oxygens (including phenoxy) is 8. The van der Waals surface area contributed by atoms with E-state index in [0.29, 0.717) is 49.7 Å². The Bertz CT molecular complexity index is 1650. The molecule has 1 aliphatic carbocycles. The fraction of sp³-hybridized carbons (Fsp3) is 0.745. The predicted octanol–water partition coefficient (Wildman–Crippen LogP) is 6.83. The number of esters is 2. The lowest BCUT2D eigenvalue weighted by Crippen LogP contribution is -2.58. The molecule has 12 nitrogen and oxygen atoms in total. The fourth-order valence-corrected chi connectivity index (χ4v) is 9.88. The molecule has 59 heavy (non-hydrogen) atoms. The largest absolute Gasteiger partial charge is 0.462 e. The Morgan fingerprint density at radius 3 is 2.44 bits per heavy atom. The summed E-state index contributed by atoms with van der Waals surface area (Å²) in [6, 6.07) is 0. The van der Waals surface area contributed by atoms with Crippen LogP contribution in [0.2, 0.25) is 0 Å². The molecular weight excluding hydrogens is 757 g/mol. The molecule has 6 rings (SSSR count). The molecule has 2 bridgehead atoms. The number of carbonyl (C=O) groups excluding carboxylic acids is 2. The van der Waals surface area contributed by atoms with E-state index in [1.54, 1.807) is 26.2 Å². The molecule has 16 atom stereocenters. The van der Waals surface area contributed by atoms with Gasteiger partial charge in [-0.3, -0.25) is 9.59 Å². The molecule has 5 heterocycles. The minimum absolute atomic E-state index is 0.0339. The Labute approximate surface area is 351 Å². The van der Waals surface area contributed by atoms with Gasteiger partial charge >= 0.3 is 11.9 Å². The van der Waals surface area contributed by atoms with E-state index in [9.17, 15) is 19.8 Å². The third-order valence-electron chi connectivity index (χ3n) is 13.8. The van der Waals surface area contributed by atoms with Gasteiger partial charge in [-0.15, -0.1) is 0 Å². The smallest absolute Gasteiger partial charge is 0.316 e. The Morgan fingerprint density at radius 2 is 1.75 bits per heavy atom. The highest BCUT2D eigenvalue weighted by Gasteiger charge is 2.60. The van der Waals surface area contributed by atoms with Crippen LogP contribution in [0.25, 0.3) is 0 Å². The molecule has 0 aromatic heterocycles. The van der Waals surface area contributed by atoms with Crippen molar-refractivity contribution in [2.75, 3.05) is 13.7 Å². The number of aliphatic hydroxyl groups excluding tert-OH is 1. The van der Waals surface area contributed by atoms with Gasteiger partial charge < -0.3 is 48.1 Å². The summed E-state index contributed by atoms with van der Waals surface area (Å²) in [5.74, 6) is -2.97. The number of hydrogen-bond acceptors (Lipinski definition) is 12. The summed E-state index contributed by atoms with van der Waals surface area (Å²) in [6.07, 6.45) is 11.6. The molecule has 5 aliphatic heterocycles. The van der Waals surface area contributed by atoms with E-state index >= 15 is 0 Å². The van der Waals surface area contributed by atoms with Crippen molar-refractivity contribution in [3.63, 3.8) is 0 Å². The second kappa shape index (κ2) is 19.2. The Hall–Kier alpha value is -2.68. The van der Waals surface area contributed by atoms with Gasteiger partial charge in [-0.2, -0.15) is 0 Å². The van der Waals surface area contributed by atoms with Gasteiger partial charge in [0.2, 0.25) is 0 Å². The maximum absolute atomic E-state index is 14.3. The van der Waals surface area contributed by atoms with E-state index in [2.05, 4.69) is 39.8 Å². The van der Waals surface area contributed by atoms with Gasteiger partial charge in [0, 0.05) is 38.2 Å². The average molecular weight is 827 g/mol. The van der Waals surface area contributed by atoms with Crippen LogP contribution in [0.4, 0.5) is 0 Å². The van der Waals surface area contributed by atoms with E-state index in [4.69, 9.17) is 37.9 Å². The fourth-order valence-electron chi connectivity index (χ4n) is 9.88. The molecule has 2 N–H and O–H groups in total. The molecule has 0 aromatic carbocycles. The molecule has 3 fully saturated rings. The van der Waals surface area contributed by atoms with Crippen LogP contribution in [0, 0.1) is 29.6 Å². The summed E-state index contributed by atoms with van der Waals surface area (Å²) in [5.41, 5.74) is 0.135. The van der Waals surface area contributed by atoms with Crippen LogP contribution in [-0.2, 0) is 47.5 Å². The summed E-state index contributed by atoms with van der Waals surface area (Å²) in [4.78, 5) is 27.3. The lowest BCUT2D eigenvalue weighted by atomic mass is 9.71. The highest BCUT2D eigenvalue weighted by Crippen LogP contribution is 2.47. The molecule has 12 heteroatoms. The van der Waals surface area contributed by atoms with Crippen LogP contribution in [0.5, 0.6) is 0 Å². The van der Waals surface area contributed by atoms with Gasteiger partial charge in [0.1, 0.15) is 35.9 Å². The summed E-state index contributed by atoms with van der Waals surface area (Å²) >= 11 is 0. The van der Waals surface area contributed by atoms with E-state index in [0.717, 1.165) is 12.0 Å². The zero-order chi connectivity index (χ0) is 42.8. The van der Waals surface area contributed by atoms with Gasteiger partial charge in [0.25, 0.3) is 0 Å². The molecule has 330 valence electrons. The van der Waals surface area contributed by atoms with E-state index in [1.807, 2.05) is 45.9 Å². The normalized spacial score (nSPS) is 44.4. The Kier molecular flexibility index (Phi) is 14.9. The minimum Gasteiger partial charge on any atom is -0.462 e. The third kappa shape index (κ3) is 9.55. The van der Waals surface area contributed by atoms with Gasteiger partial charge in [-0.25, -0.2) is 0 Å². The summed E-state index contributed by atoms with van der Waals surface area (Å²) in [5, 5.41) is 23.7. The first-order valence-corrected chi connectivity index (χ1v) is 22.1. The van der Waals surface area contributed by atoms with Crippen LogP contribution in [0.15, 0.2) is 59.3 Å². The van der Waals surface area contributed by atoms with E-state index in [1.165, 1.54) is 0 Å². The summed E-state index contributed by atoms with van der Waals surface area (Å²) < 4.78 is 51.3. The number of methoxy groups -OCH3 is 1. The average Bonchev–Trinajstić information content (AvgIpc) is 3.55. The topological polar surface area (TPSA) is 148 Å². The second-order valence-electron chi connectivity index (χ2n) is 18.0. The third-order valence-corrected chi connectivity index (χ3v) is 13.8. The first-order valence-electron chi connectivity index (χ1n) is 22.1. The number of fused-ring (bicyclic) bond motifs is 2. The lowest BCUT2D eigenvalue weighted by Gasteiger charge is -2.48. The summed E-state index contributed by atoms with van der Waals surface area (Å²) in [7, 11) is 1.62. The molecule has 3 saturated heterocycles. The van der Waals surface area contributed by atoms with Crippen LogP contribution in [-0.4, -0.2) is 108 Å². The quantitative estimate of drug-likeness (QED) is 0.186. The number of allylic oxidation sites excluding steroid dienone is 2. The molecule has 6 aliphatic rings. The molecule has 0 radical (unpaired) electrons. The van der Waals surface area contributed by atoms with Gasteiger partial charge in [-0.05, 0) is 68.7 Å². The zero-order valence-electron chi connectivity index (χ0n) is 36.8. The molecule has 0 aromatic rings. The monoisotopic (exact) mass is 826 g/mol. The SMILES string of the molecule is CCC(CC)C(=O)O[C@H]1[C@H](C)OC(O[C@@H]2/C(C)=C/C[C@@H]3C[C@@H](CC4(C=C[C@H](C)[C@@H](C(C)CC)O4)O3)OC(=O)C3C=C(C)[C@@H](O)[C@H]4OC/C(=C\C=C\[C@@H]2C)[C@@]34O)C[C@@H]1OC. The van der Waals surface area contributed by atoms with E-state index in [-0.39, 0.29) is 48.5 Å². The molecule has 1 spiro atoms. The number of hydrogen-bond donors (Lipinski definition) is 2. The van der Waals surface area contributed by atoms with Crippen molar-refractivity contribution in [1.82, 2.24) is 0 Å². The van der Waals surface area contributed by atoms with Gasteiger partial charge in [0.15, 0.2) is 18.2 Å². The van der Waals surface area contributed by atoms with Crippen molar-refractivity contribution in [3.05, 3.63) is 59.3 Å². The first kappa shape index (κ1) is 45.8. The highest BCUT2D eigenvalue weighted by molar-refractivity contribution is 5.78. The molecule has 4 unspecified atom stereocenters. The first-order chi connectivity index (χ1) is 28.1. The van der Waals surface area contributed by atoms with Crippen LogP contribution in [0.1, 0.15) is 107 Å². The predicted molar refractivity (Wildman–Crippen MR) is 221 cm³/mol. The second-order valence-corrected chi connectivity index (χ2v) is 18.0. The van der Waals surface area contributed by atoms with Gasteiger partial charge in [-0.1, -0.05) is 84.4 Å². The van der Waals surface area contributed by atoms with Crippen molar-refractivity contribution in [1.29, 1.82) is 0 Å². The Balaban J connectivity index is 1.34. The van der Waals surface area contributed by atoms with Crippen molar-refractivity contribution in [3.8, 4) is 0 Å². The maximum Gasteiger partial charge on any atom is 0.316 e. The Morgan fingerprint density at radius 1 is 1.00 bits per heavy atom. The number of carbonyl (C=O) groups is 2. The van der Waals surface area contributed by atoms with Gasteiger partial charge in [0.05, 0.1) is 36.9 Å². The van der Waals surface area contributed by atoms with Crippen molar-refractivity contribution in [2.45, 2.75) is 180 Å². The molecule has 0 amide bonds. The van der Waals surface area contributed by atoms with Crippen LogP contribution < -0.4 is 0 Å².